The van der Waals surface area contributed by atoms with Gasteiger partial charge < -0.3 is 9.67 Å². The lowest BCUT2D eigenvalue weighted by molar-refractivity contribution is 0.0702. The molecule has 0 radical (unpaired) electrons. The van der Waals surface area contributed by atoms with Gasteiger partial charge in [0.05, 0.1) is 6.10 Å². The molecule has 2 aromatic rings. The molecule has 1 aromatic heterocycles. The van der Waals surface area contributed by atoms with E-state index in [1.54, 1.807) is 0 Å². The molecule has 0 unspecified atom stereocenters. The molecule has 1 aromatic carbocycles. The minimum Gasteiger partial charge on any atom is -0.392 e. The quantitative estimate of drug-likeness (QED) is 0.693. The molecule has 0 fully saturated rings. The highest BCUT2D eigenvalue weighted by molar-refractivity contribution is 5.17. The first-order valence-electron chi connectivity index (χ1n) is 9.54. The third kappa shape index (κ3) is 6.68. The molecule has 0 saturated heterocycles. The molecule has 0 saturated carbocycles. The van der Waals surface area contributed by atoms with Crippen molar-refractivity contribution >= 4 is 0 Å². The van der Waals surface area contributed by atoms with E-state index in [9.17, 15) is 5.11 Å². The van der Waals surface area contributed by atoms with Crippen LogP contribution in [-0.2, 0) is 13.1 Å². The van der Waals surface area contributed by atoms with Crippen molar-refractivity contribution in [3.63, 3.8) is 0 Å². The monoisotopic (exact) mass is 342 g/mol. The Balaban J connectivity index is 2.05. The van der Waals surface area contributed by atoms with Crippen LogP contribution in [0.4, 0.5) is 0 Å². The Morgan fingerprint density at radius 2 is 1.72 bits per heavy atom. The first kappa shape index (κ1) is 19.7. The van der Waals surface area contributed by atoms with Crippen LogP contribution in [0.5, 0.6) is 0 Å². The third-order valence-electron chi connectivity index (χ3n) is 4.74. The Morgan fingerprint density at radius 3 is 2.36 bits per heavy atom. The molecule has 1 N–H and O–H groups in total. The minimum atomic E-state index is -0.273. The van der Waals surface area contributed by atoms with Gasteiger partial charge in [-0.1, -0.05) is 58.0 Å². The predicted molar refractivity (Wildman–Crippen MR) is 106 cm³/mol. The summed E-state index contributed by atoms with van der Waals surface area (Å²) in [4.78, 5) is 2.40. The van der Waals surface area contributed by atoms with Crippen molar-refractivity contribution in [1.29, 1.82) is 0 Å². The van der Waals surface area contributed by atoms with Crippen LogP contribution in [0.15, 0.2) is 48.7 Å². The maximum atomic E-state index is 10.3. The van der Waals surface area contributed by atoms with E-state index in [-0.39, 0.29) is 12.0 Å². The zero-order valence-electron chi connectivity index (χ0n) is 16.2. The molecule has 25 heavy (non-hydrogen) atoms. The van der Waals surface area contributed by atoms with E-state index in [1.807, 2.05) is 0 Å². The Kier molecular flexibility index (Phi) is 7.73. The van der Waals surface area contributed by atoms with Crippen LogP contribution >= 0.6 is 0 Å². The van der Waals surface area contributed by atoms with Crippen LogP contribution in [0.3, 0.4) is 0 Å². The molecule has 1 heterocycles. The fourth-order valence-electron chi connectivity index (χ4n) is 2.91. The molecular formula is C22H34N2O. The second-order valence-electron chi connectivity index (χ2n) is 7.84. The minimum absolute atomic E-state index is 0.273. The average Bonchev–Trinajstić information content (AvgIpc) is 3.00. The lowest BCUT2D eigenvalue weighted by Gasteiger charge is -2.28. The van der Waals surface area contributed by atoms with E-state index >= 15 is 0 Å². The fourth-order valence-corrected chi connectivity index (χ4v) is 2.91. The van der Waals surface area contributed by atoms with Gasteiger partial charge >= 0.3 is 0 Å². The van der Waals surface area contributed by atoms with Crippen molar-refractivity contribution in [1.82, 2.24) is 9.47 Å². The average molecular weight is 343 g/mol. The van der Waals surface area contributed by atoms with Crippen LogP contribution in [0.2, 0.25) is 0 Å². The number of rotatable bonds is 10. The fraction of sp³-hybridized carbons (Fsp3) is 0.545. The number of aromatic nitrogens is 1. The Labute approximate surface area is 153 Å². The maximum absolute atomic E-state index is 10.3. The molecule has 2 rings (SSSR count). The summed E-state index contributed by atoms with van der Waals surface area (Å²) in [6.07, 6.45) is 3.04. The number of aliphatic hydroxyl groups is 1. The summed E-state index contributed by atoms with van der Waals surface area (Å²) >= 11 is 0. The van der Waals surface area contributed by atoms with E-state index in [4.69, 9.17) is 0 Å². The van der Waals surface area contributed by atoms with Gasteiger partial charge in [-0.3, -0.25) is 4.90 Å². The van der Waals surface area contributed by atoms with Crippen molar-refractivity contribution in [3.8, 4) is 0 Å². The Hall–Kier alpha value is -1.58. The highest BCUT2D eigenvalue weighted by Gasteiger charge is 2.17. The van der Waals surface area contributed by atoms with Gasteiger partial charge in [0.15, 0.2) is 0 Å². The van der Waals surface area contributed by atoms with Crippen LogP contribution in [-0.4, -0.2) is 33.8 Å². The molecule has 0 bridgehead atoms. The zero-order chi connectivity index (χ0) is 18.2. The standard InChI is InChI=1S/C22H34N2O/c1-18(2)12-14-23(17-22(25)19(3)4)16-21-11-8-13-24(21)15-20-9-6-5-7-10-20/h5-11,13,18-19,22,25H,12,14-17H2,1-4H3/t22-/m1/s1. The molecule has 138 valence electrons. The summed E-state index contributed by atoms with van der Waals surface area (Å²) in [6.45, 7) is 12.2. The van der Waals surface area contributed by atoms with Crippen LogP contribution in [0.25, 0.3) is 0 Å². The summed E-state index contributed by atoms with van der Waals surface area (Å²) in [7, 11) is 0. The van der Waals surface area contributed by atoms with Gasteiger partial charge in [-0.15, -0.1) is 0 Å². The first-order valence-corrected chi connectivity index (χ1v) is 9.54. The van der Waals surface area contributed by atoms with Gasteiger partial charge in [0.1, 0.15) is 0 Å². The summed E-state index contributed by atoms with van der Waals surface area (Å²) in [6, 6.07) is 14.9. The van der Waals surface area contributed by atoms with E-state index in [2.05, 4.69) is 85.8 Å². The lowest BCUT2D eigenvalue weighted by Crippen LogP contribution is -2.36. The van der Waals surface area contributed by atoms with Crippen molar-refractivity contribution in [2.75, 3.05) is 13.1 Å². The number of benzene rings is 1. The number of hydrogen-bond donors (Lipinski definition) is 1. The van der Waals surface area contributed by atoms with Gasteiger partial charge in [-0.05, 0) is 42.5 Å². The summed E-state index contributed by atoms with van der Waals surface area (Å²) in [5.74, 6) is 0.965. The van der Waals surface area contributed by atoms with Crippen LogP contribution in [0, 0.1) is 11.8 Å². The number of hydrogen-bond acceptors (Lipinski definition) is 2. The summed E-state index contributed by atoms with van der Waals surface area (Å²) in [5, 5.41) is 10.3. The SMILES string of the molecule is CC(C)CCN(Cc1cccn1Cc1ccccc1)C[C@@H](O)C(C)C. The molecule has 0 aliphatic rings. The topological polar surface area (TPSA) is 28.4 Å². The van der Waals surface area contributed by atoms with Gasteiger partial charge in [0.2, 0.25) is 0 Å². The van der Waals surface area contributed by atoms with Crippen LogP contribution < -0.4 is 0 Å². The third-order valence-corrected chi connectivity index (χ3v) is 4.74. The van der Waals surface area contributed by atoms with Gasteiger partial charge in [-0.2, -0.15) is 0 Å². The van der Waals surface area contributed by atoms with E-state index in [0.29, 0.717) is 5.92 Å². The molecule has 3 nitrogen and oxygen atoms in total. The Morgan fingerprint density at radius 1 is 1.00 bits per heavy atom. The first-order chi connectivity index (χ1) is 12.0. The maximum Gasteiger partial charge on any atom is 0.0690 e. The zero-order valence-corrected chi connectivity index (χ0v) is 16.2. The van der Waals surface area contributed by atoms with Gasteiger partial charge in [-0.25, -0.2) is 0 Å². The van der Waals surface area contributed by atoms with E-state index < -0.39 is 0 Å². The summed E-state index contributed by atoms with van der Waals surface area (Å²) in [5.41, 5.74) is 2.62. The number of aliphatic hydroxyl groups excluding tert-OH is 1. The van der Waals surface area contributed by atoms with Crippen LogP contribution in [0.1, 0.15) is 45.4 Å². The molecule has 0 amide bonds. The van der Waals surface area contributed by atoms with Crippen molar-refractivity contribution in [2.24, 2.45) is 11.8 Å². The molecule has 1 atom stereocenters. The highest BCUT2D eigenvalue weighted by atomic mass is 16.3. The van der Waals surface area contributed by atoms with Gasteiger partial charge in [0, 0.05) is 31.5 Å². The molecular weight excluding hydrogens is 308 g/mol. The molecule has 3 heteroatoms. The van der Waals surface area contributed by atoms with Crippen molar-refractivity contribution < 1.29 is 5.11 Å². The molecule has 0 aliphatic carbocycles. The molecule has 0 spiro atoms. The largest absolute Gasteiger partial charge is 0.392 e. The predicted octanol–water partition coefficient (Wildman–Crippen LogP) is 4.40. The number of nitrogens with zero attached hydrogens (tertiary/aromatic N) is 2. The van der Waals surface area contributed by atoms with Gasteiger partial charge in [0.25, 0.3) is 0 Å². The van der Waals surface area contributed by atoms with Crippen molar-refractivity contribution in [2.45, 2.75) is 53.3 Å². The smallest absolute Gasteiger partial charge is 0.0690 e. The van der Waals surface area contributed by atoms with E-state index in [0.717, 1.165) is 32.6 Å². The van der Waals surface area contributed by atoms with Crippen molar-refractivity contribution in [3.05, 3.63) is 59.9 Å². The summed E-state index contributed by atoms with van der Waals surface area (Å²) < 4.78 is 2.32. The lowest BCUT2D eigenvalue weighted by atomic mass is 10.1. The highest BCUT2D eigenvalue weighted by Crippen LogP contribution is 2.14. The molecule has 0 aliphatic heterocycles. The normalized spacial score (nSPS) is 13.1. The van der Waals surface area contributed by atoms with E-state index in [1.165, 1.54) is 11.3 Å². The second kappa shape index (κ2) is 9.79. The second-order valence-corrected chi connectivity index (χ2v) is 7.84. The Bertz CT molecular complexity index is 603.